The highest BCUT2D eigenvalue weighted by Gasteiger charge is 2.26. The van der Waals surface area contributed by atoms with Gasteiger partial charge in [0.15, 0.2) is 11.6 Å². The summed E-state index contributed by atoms with van der Waals surface area (Å²) in [7, 11) is 3.35. The van der Waals surface area contributed by atoms with Crippen molar-refractivity contribution in [2.75, 3.05) is 14.2 Å². The van der Waals surface area contributed by atoms with Crippen LogP contribution >= 0.6 is 0 Å². The predicted octanol–water partition coefficient (Wildman–Crippen LogP) is 12.1. The van der Waals surface area contributed by atoms with Gasteiger partial charge in [-0.25, -0.2) is 9.59 Å². The van der Waals surface area contributed by atoms with E-state index in [1.165, 1.54) is 25.0 Å². The average molecular weight is 833 g/mol. The largest absolute Gasteiger partial charge is 0.496 e. The molecule has 6 rings (SSSR count). The molecule has 0 saturated carbocycles. The fourth-order valence-corrected chi connectivity index (χ4v) is 7.20. The number of ketones is 2. The highest BCUT2D eigenvalue weighted by Crippen LogP contribution is 2.37. The number of rotatable bonds is 12. The Hall–Kier alpha value is -6.80. The lowest BCUT2D eigenvalue weighted by Crippen LogP contribution is -2.19. The van der Waals surface area contributed by atoms with Gasteiger partial charge in [0.25, 0.3) is 0 Å². The summed E-state index contributed by atoms with van der Waals surface area (Å²) in [4.78, 5) is 48.1. The number of esters is 2. The van der Waals surface area contributed by atoms with E-state index in [1.807, 2.05) is 70.2 Å². The number of aryl methyl sites for hydroxylation is 4. The van der Waals surface area contributed by atoms with Crippen molar-refractivity contribution in [3.8, 4) is 23.0 Å². The van der Waals surface area contributed by atoms with Gasteiger partial charge < -0.3 is 18.9 Å². The zero-order valence-corrected chi connectivity index (χ0v) is 37.8. The molecule has 0 unspecified atom stereocenters. The first-order valence-corrected chi connectivity index (χ1v) is 20.5. The minimum atomic E-state index is -0.482. The van der Waals surface area contributed by atoms with Crippen LogP contribution in [0.2, 0.25) is 0 Å². The predicted molar refractivity (Wildman–Crippen MR) is 245 cm³/mol. The molecule has 0 N–H and O–H groups in total. The van der Waals surface area contributed by atoms with Crippen molar-refractivity contribution in [2.24, 2.45) is 0 Å². The van der Waals surface area contributed by atoms with Crippen LogP contribution in [0.3, 0.4) is 0 Å². The summed E-state index contributed by atoms with van der Waals surface area (Å²) in [6.45, 7) is 19.6. The van der Waals surface area contributed by atoms with Crippen LogP contribution in [-0.4, -0.2) is 37.7 Å². The molecule has 62 heavy (non-hydrogen) atoms. The first-order valence-electron chi connectivity index (χ1n) is 20.5. The normalized spacial score (nSPS) is 11.2. The van der Waals surface area contributed by atoms with E-state index in [1.54, 1.807) is 62.8 Å². The van der Waals surface area contributed by atoms with Gasteiger partial charge in [-0.3, -0.25) is 9.59 Å². The molecule has 8 nitrogen and oxygen atoms in total. The summed E-state index contributed by atoms with van der Waals surface area (Å²) in [5.41, 5.74) is 9.86. The van der Waals surface area contributed by atoms with Crippen molar-refractivity contribution >= 4 is 23.5 Å². The quantitative estimate of drug-likeness (QED) is 0.0682. The molecule has 320 valence electrons. The first-order chi connectivity index (χ1) is 29.3. The highest BCUT2D eigenvalue weighted by atomic mass is 16.5. The third kappa shape index (κ3) is 10.6. The summed E-state index contributed by atoms with van der Waals surface area (Å²) in [5.74, 6) is 1.70. The standard InChI is InChI=1S/2C27H28O4/c1-17-15-22(11-13-24(17)30-6)27(4,5)23-12-14-25(18(2)16-23)31-26(29)21-9-7-20(8-10-21)19(3)28;1-17-14-22(10-12-24(17)30-6)27(4,5)23-11-13-25(18(2)15-23)31-26(29)21-9-7-8-20(16-21)19(3)28/h2*7-16H,1-6H3. The van der Waals surface area contributed by atoms with Gasteiger partial charge in [0.1, 0.15) is 23.0 Å². The number of Topliss-reactive ketones (excluding diaryl/α,β-unsaturated/α-hetero) is 2. The van der Waals surface area contributed by atoms with E-state index in [-0.39, 0.29) is 22.4 Å². The van der Waals surface area contributed by atoms with Crippen LogP contribution in [0.1, 0.15) is 127 Å². The van der Waals surface area contributed by atoms with Crippen LogP contribution in [0.25, 0.3) is 0 Å². The molecule has 0 amide bonds. The van der Waals surface area contributed by atoms with E-state index in [0.717, 1.165) is 44.9 Å². The second-order valence-corrected chi connectivity index (χ2v) is 16.6. The molecule has 8 heteroatoms. The zero-order chi connectivity index (χ0) is 45.5. The third-order valence-electron chi connectivity index (χ3n) is 11.5. The Morgan fingerprint density at radius 2 is 0.710 bits per heavy atom. The molecule has 0 aliphatic rings. The van der Waals surface area contributed by atoms with Crippen molar-refractivity contribution < 1.29 is 38.1 Å². The Labute approximate surface area is 365 Å². The number of hydrogen-bond acceptors (Lipinski definition) is 8. The van der Waals surface area contributed by atoms with Crippen molar-refractivity contribution in [3.05, 3.63) is 188 Å². The van der Waals surface area contributed by atoms with Gasteiger partial charge in [-0.05, 0) is 135 Å². The molecule has 0 aromatic heterocycles. The Kier molecular flexibility index (Phi) is 14.4. The molecule has 0 atom stereocenters. The van der Waals surface area contributed by atoms with Gasteiger partial charge in [-0.15, -0.1) is 0 Å². The zero-order valence-electron chi connectivity index (χ0n) is 37.8. The fourth-order valence-electron chi connectivity index (χ4n) is 7.20. The first kappa shape index (κ1) is 46.3. The molecule has 0 saturated heterocycles. The van der Waals surface area contributed by atoms with Gasteiger partial charge in [-0.1, -0.05) is 100 Å². The van der Waals surface area contributed by atoms with E-state index in [9.17, 15) is 19.2 Å². The Morgan fingerprint density at radius 3 is 1.05 bits per heavy atom. The number of benzene rings is 6. The maximum Gasteiger partial charge on any atom is 0.343 e. The van der Waals surface area contributed by atoms with E-state index in [2.05, 4.69) is 58.0 Å². The molecule has 0 fully saturated rings. The lowest BCUT2D eigenvalue weighted by Gasteiger charge is -2.27. The molecule has 0 heterocycles. The molecule has 6 aromatic carbocycles. The number of hydrogen-bond donors (Lipinski definition) is 0. The maximum atomic E-state index is 12.6. The van der Waals surface area contributed by atoms with Crippen LogP contribution in [0.5, 0.6) is 23.0 Å². The van der Waals surface area contributed by atoms with Crippen LogP contribution in [0, 0.1) is 27.7 Å². The monoisotopic (exact) mass is 832 g/mol. The van der Waals surface area contributed by atoms with Crippen molar-refractivity contribution in [2.45, 2.75) is 80.1 Å². The molecule has 0 spiro atoms. The molecular weight excluding hydrogens is 777 g/mol. The molecule has 0 bridgehead atoms. The minimum absolute atomic E-state index is 0.0407. The minimum Gasteiger partial charge on any atom is -0.496 e. The summed E-state index contributed by atoms with van der Waals surface area (Å²) < 4.78 is 22.0. The van der Waals surface area contributed by atoms with Crippen molar-refractivity contribution in [1.29, 1.82) is 0 Å². The molecule has 0 radical (unpaired) electrons. The third-order valence-corrected chi connectivity index (χ3v) is 11.5. The molecule has 0 aliphatic carbocycles. The van der Waals surface area contributed by atoms with E-state index < -0.39 is 11.9 Å². The van der Waals surface area contributed by atoms with E-state index >= 15 is 0 Å². The highest BCUT2D eigenvalue weighted by molar-refractivity contribution is 5.98. The van der Waals surface area contributed by atoms with Gasteiger partial charge in [0, 0.05) is 22.0 Å². The number of ether oxygens (including phenoxy) is 4. The van der Waals surface area contributed by atoms with Crippen molar-refractivity contribution in [1.82, 2.24) is 0 Å². The fraction of sp³-hybridized carbons (Fsp3) is 0.259. The van der Waals surface area contributed by atoms with Gasteiger partial charge in [0.05, 0.1) is 25.3 Å². The Bertz CT molecular complexity index is 2630. The van der Waals surface area contributed by atoms with Gasteiger partial charge in [-0.2, -0.15) is 0 Å². The number of carbonyl (C=O) groups is 4. The van der Waals surface area contributed by atoms with Gasteiger partial charge in [0.2, 0.25) is 0 Å². The smallest absolute Gasteiger partial charge is 0.343 e. The van der Waals surface area contributed by atoms with E-state index in [4.69, 9.17) is 18.9 Å². The Morgan fingerprint density at radius 1 is 0.387 bits per heavy atom. The maximum absolute atomic E-state index is 12.6. The van der Waals surface area contributed by atoms with E-state index in [0.29, 0.717) is 33.8 Å². The topological polar surface area (TPSA) is 105 Å². The average Bonchev–Trinajstić information content (AvgIpc) is 3.25. The van der Waals surface area contributed by atoms with Gasteiger partial charge >= 0.3 is 11.9 Å². The lowest BCUT2D eigenvalue weighted by molar-refractivity contribution is 0.0724. The van der Waals surface area contributed by atoms with Crippen molar-refractivity contribution in [3.63, 3.8) is 0 Å². The van der Waals surface area contributed by atoms with Crippen LogP contribution in [0.4, 0.5) is 0 Å². The Balaban J connectivity index is 0.000000234. The number of methoxy groups -OCH3 is 2. The SMILES string of the molecule is COc1ccc(C(C)(C)c2ccc(OC(=O)c3ccc(C(C)=O)cc3)c(C)c2)cc1C.COc1ccc(C(C)(C)c2ccc(OC(=O)c3cccc(C(C)=O)c3)c(C)c2)cc1C. The second kappa shape index (κ2) is 19.3. The van der Waals surface area contributed by atoms with Crippen LogP contribution in [-0.2, 0) is 10.8 Å². The molecule has 0 aliphatic heterocycles. The van der Waals surface area contributed by atoms with Crippen LogP contribution in [0.15, 0.2) is 121 Å². The summed E-state index contributed by atoms with van der Waals surface area (Å²) >= 11 is 0. The summed E-state index contributed by atoms with van der Waals surface area (Å²) in [6.07, 6.45) is 0. The molecular formula is C54H56O8. The number of carbonyl (C=O) groups excluding carboxylic acids is 4. The lowest BCUT2D eigenvalue weighted by atomic mass is 9.77. The molecule has 6 aromatic rings. The summed E-state index contributed by atoms with van der Waals surface area (Å²) in [6, 6.07) is 37.2. The van der Waals surface area contributed by atoms with Crippen LogP contribution < -0.4 is 18.9 Å². The summed E-state index contributed by atoms with van der Waals surface area (Å²) in [5, 5.41) is 0. The second-order valence-electron chi connectivity index (χ2n) is 16.6.